The van der Waals surface area contributed by atoms with Gasteiger partial charge in [-0.05, 0) is 17.4 Å². The third kappa shape index (κ3) is 3.15. The van der Waals surface area contributed by atoms with Crippen LogP contribution in [0.2, 0.25) is 0 Å². The molecule has 0 radical (unpaired) electrons. The number of fused-ring (bicyclic) bond motifs is 1. The number of benzene rings is 1. The minimum Gasteiger partial charge on any atom is -0.858 e. The number of thiophene rings is 1. The second-order valence-electron chi connectivity index (χ2n) is 6.29. The van der Waals surface area contributed by atoms with E-state index < -0.39 is 23.2 Å². The van der Waals surface area contributed by atoms with Gasteiger partial charge in [-0.2, -0.15) is 5.26 Å². The van der Waals surface area contributed by atoms with Crippen LogP contribution in [0.15, 0.2) is 32.5 Å². The molecule has 31 heavy (non-hydrogen) atoms. The van der Waals surface area contributed by atoms with Gasteiger partial charge in [0.15, 0.2) is 18.7 Å². The van der Waals surface area contributed by atoms with Crippen molar-refractivity contribution in [3.8, 4) is 17.3 Å². The summed E-state index contributed by atoms with van der Waals surface area (Å²) in [5.41, 5.74) is 10.9. The topological polar surface area (TPSA) is 174 Å². The van der Waals surface area contributed by atoms with Gasteiger partial charge >= 0.3 is 11.3 Å². The summed E-state index contributed by atoms with van der Waals surface area (Å²) in [4.78, 5) is 20.2. The maximum atomic E-state index is 13.4. The number of nitrogens with one attached hydrogen (secondary N) is 1. The van der Waals surface area contributed by atoms with Crippen LogP contribution < -0.4 is 26.9 Å². The Labute approximate surface area is 175 Å². The largest absolute Gasteiger partial charge is 0.858 e. The van der Waals surface area contributed by atoms with Crippen LogP contribution in [0, 0.1) is 23.0 Å². The fourth-order valence-electron chi connectivity index (χ4n) is 3.01. The number of nitrogens with zero attached hydrogens (tertiary/aromatic N) is 4. The van der Waals surface area contributed by atoms with Crippen molar-refractivity contribution in [3.63, 3.8) is 0 Å². The number of aliphatic imine (C=N–C) groups is 1. The molecule has 0 aliphatic rings. The van der Waals surface area contributed by atoms with Gasteiger partial charge in [0.05, 0.1) is 27.2 Å². The van der Waals surface area contributed by atoms with Gasteiger partial charge in [-0.25, -0.2) is 18.6 Å². The molecule has 0 saturated heterocycles. The summed E-state index contributed by atoms with van der Waals surface area (Å²) >= 11 is 0.826. The Hall–Kier alpha value is -4.31. The van der Waals surface area contributed by atoms with Crippen LogP contribution in [0.1, 0.15) is 10.4 Å². The number of hydrogen-bond acceptors (Lipinski definition) is 9. The first-order valence-electron chi connectivity index (χ1n) is 8.43. The minimum atomic E-state index is -1.17. The fourth-order valence-corrected chi connectivity index (χ4v) is 4.01. The Morgan fingerprint density at radius 3 is 2.74 bits per heavy atom. The van der Waals surface area contributed by atoms with E-state index in [-0.39, 0.29) is 49.1 Å². The zero-order chi connectivity index (χ0) is 22.4. The first-order chi connectivity index (χ1) is 14.7. The van der Waals surface area contributed by atoms with Gasteiger partial charge in [0.25, 0.3) is 0 Å². The van der Waals surface area contributed by atoms with Crippen molar-refractivity contribution < 1.29 is 23.1 Å². The molecule has 1 aromatic carbocycles. The highest BCUT2D eigenvalue weighted by Crippen LogP contribution is 2.41. The van der Waals surface area contributed by atoms with Crippen LogP contribution in [0.4, 0.5) is 26.0 Å². The third-order valence-corrected chi connectivity index (χ3v) is 5.47. The Kier molecular flexibility index (Phi) is 4.63. The second-order valence-corrected chi connectivity index (χ2v) is 7.29. The summed E-state index contributed by atoms with van der Waals surface area (Å²) < 4.78 is 32.5. The number of hydrogen-bond donors (Lipinski definition) is 3. The van der Waals surface area contributed by atoms with E-state index in [4.69, 9.17) is 16.0 Å². The van der Waals surface area contributed by atoms with Crippen molar-refractivity contribution in [1.29, 1.82) is 5.26 Å². The molecule has 0 aliphatic heterocycles. The highest BCUT2D eigenvalue weighted by Gasteiger charge is 2.31. The summed E-state index contributed by atoms with van der Waals surface area (Å²) in [6.07, 6.45) is 0. The summed E-state index contributed by atoms with van der Waals surface area (Å²) in [7, 11) is 1.47. The van der Waals surface area contributed by atoms with Crippen LogP contribution in [0.5, 0.6) is 0 Å². The Morgan fingerprint density at radius 1 is 1.39 bits per heavy atom. The standard InChI is InChI=1S/C18H11F2N7O3S/c1-27-13(18(29)30-26-27)10-7(5-21)15(23)25-17-11(10)12(22)14(31-17)16(28)24-6-2-3-8(19)9(20)4-6/h2-4H,1H3,(H5-,22,23,24,25,26,28,29). The molecular formula is C18H11F2N7O3S. The highest BCUT2D eigenvalue weighted by molar-refractivity contribution is 7.21. The van der Waals surface area contributed by atoms with E-state index >= 15 is 0 Å². The van der Waals surface area contributed by atoms with Crippen molar-refractivity contribution in [2.45, 2.75) is 0 Å². The normalized spacial score (nSPS) is 11.7. The van der Waals surface area contributed by atoms with Gasteiger partial charge in [-0.3, -0.25) is 9.52 Å². The molecular weight excluding hydrogens is 432 g/mol. The van der Waals surface area contributed by atoms with E-state index in [1.54, 1.807) is 0 Å². The number of anilines is 2. The van der Waals surface area contributed by atoms with Gasteiger partial charge in [-0.1, -0.05) is 4.68 Å². The summed E-state index contributed by atoms with van der Waals surface area (Å²) in [5.74, 6) is -3.27. The predicted molar refractivity (Wildman–Crippen MR) is 105 cm³/mol. The molecule has 10 nitrogen and oxygen atoms in total. The van der Waals surface area contributed by atoms with Crippen molar-refractivity contribution in [3.05, 3.63) is 50.7 Å². The van der Waals surface area contributed by atoms with Crippen LogP contribution in [-0.4, -0.2) is 16.2 Å². The number of pyridine rings is 1. The van der Waals surface area contributed by atoms with Crippen molar-refractivity contribution >= 4 is 44.6 Å². The molecule has 5 N–H and O–H groups in total. The average molecular weight is 443 g/mol. The molecule has 13 heteroatoms. The van der Waals surface area contributed by atoms with E-state index in [0.29, 0.717) is 0 Å². The number of nitrogen functional groups attached to an aromatic ring is 2. The maximum Gasteiger partial charge on any atom is 0.435 e. The van der Waals surface area contributed by atoms with Crippen LogP contribution >= 0.6 is 11.3 Å². The minimum absolute atomic E-state index is 0.0446. The number of H-pyrrole nitrogens is 1. The maximum absolute atomic E-state index is 13.4. The zero-order valence-electron chi connectivity index (χ0n) is 15.6. The van der Waals surface area contributed by atoms with Crippen LogP contribution in [-0.2, 0) is 7.05 Å². The number of nitrogens with two attached hydrogens (primary N) is 2. The second kappa shape index (κ2) is 7.18. The summed E-state index contributed by atoms with van der Waals surface area (Å²) in [6.45, 7) is 0. The van der Waals surface area contributed by atoms with E-state index in [0.717, 1.165) is 29.5 Å². The quantitative estimate of drug-likeness (QED) is 0.239. The molecule has 4 rings (SSSR count). The third-order valence-electron chi connectivity index (χ3n) is 4.39. The lowest BCUT2D eigenvalue weighted by molar-refractivity contribution is -0.730. The lowest BCUT2D eigenvalue weighted by atomic mass is 10.0. The van der Waals surface area contributed by atoms with Gasteiger partial charge < -0.3 is 16.6 Å². The molecule has 4 aromatic rings. The van der Waals surface area contributed by atoms with Gasteiger partial charge in [-0.15, -0.1) is 11.3 Å². The monoisotopic (exact) mass is 443 g/mol. The van der Waals surface area contributed by atoms with E-state index in [9.17, 15) is 23.9 Å². The molecule has 156 valence electrons. The van der Waals surface area contributed by atoms with Gasteiger partial charge in [0.2, 0.25) is 0 Å². The molecule has 0 saturated carbocycles. The molecule has 0 spiro atoms. The molecule has 0 atom stereocenters. The SMILES string of the molecule is C[n+]1[nH]oc(=O)c1-c1c(C#N)c(N)nc2sc(C([O-])=Nc3ccc(F)c(F)c3)c(N)c12. The zero-order valence-corrected chi connectivity index (χ0v) is 16.4. The molecule has 0 fully saturated rings. The van der Waals surface area contributed by atoms with Crippen LogP contribution in [0.25, 0.3) is 21.5 Å². The number of aromatic amines is 1. The molecule has 0 bridgehead atoms. The highest BCUT2D eigenvalue weighted by atomic mass is 32.1. The number of rotatable bonds is 3. The predicted octanol–water partition coefficient (Wildman–Crippen LogP) is 0.822. The van der Waals surface area contributed by atoms with Crippen molar-refractivity contribution in [2.24, 2.45) is 12.0 Å². The van der Waals surface area contributed by atoms with E-state index in [1.807, 2.05) is 6.07 Å². The first-order valence-corrected chi connectivity index (χ1v) is 9.25. The number of aromatic nitrogens is 3. The fraction of sp³-hybridized carbons (Fsp3) is 0.0556. The number of nitriles is 1. The number of halogens is 2. The Balaban J connectivity index is 2.01. The summed E-state index contributed by atoms with van der Waals surface area (Å²) in [5, 5.41) is 24.8. The Bertz CT molecular complexity index is 1500. The number of aryl methyl sites for hydroxylation is 1. The average Bonchev–Trinajstić information content (AvgIpc) is 3.22. The molecule has 0 amide bonds. The molecule has 3 heterocycles. The van der Waals surface area contributed by atoms with Crippen molar-refractivity contribution in [2.75, 3.05) is 11.5 Å². The lowest BCUT2D eigenvalue weighted by Gasteiger charge is -2.09. The van der Waals surface area contributed by atoms with E-state index in [2.05, 4.69) is 15.2 Å². The van der Waals surface area contributed by atoms with Crippen LogP contribution in [0.3, 0.4) is 0 Å². The Morgan fingerprint density at radius 2 is 2.13 bits per heavy atom. The smallest absolute Gasteiger partial charge is 0.435 e. The van der Waals surface area contributed by atoms with Crippen molar-refractivity contribution in [1.82, 2.24) is 10.3 Å². The van der Waals surface area contributed by atoms with Gasteiger partial charge in [0, 0.05) is 12.0 Å². The molecule has 3 aromatic heterocycles. The van der Waals surface area contributed by atoms with Gasteiger partial charge in [0.1, 0.15) is 22.3 Å². The molecule has 0 unspecified atom stereocenters. The van der Waals surface area contributed by atoms with E-state index in [1.165, 1.54) is 11.7 Å². The summed E-state index contributed by atoms with van der Waals surface area (Å²) in [6, 6.07) is 4.60. The first kappa shape index (κ1) is 20.0. The molecule has 0 aliphatic carbocycles. The lowest BCUT2D eigenvalue weighted by Crippen LogP contribution is -2.34.